The highest BCUT2D eigenvalue weighted by Gasteiger charge is 2.35. The summed E-state index contributed by atoms with van der Waals surface area (Å²) < 4.78 is 4.89. The maximum Gasteiger partial charge on any atom is 0.366 e. The first-order valence-corrected chi connectivity index (χ1v) is 6.17. The van der Waals surface area contributed by atoms with Crippen LogP contribution < -0.4 is 0 Å². The van der Waals surface area contributed by atoms with E-state index in [9.17, 15) is 19.8 Å². The molecule has 106 valence electrons. The van der Waals surface area contributed by atoms with E-state index in [1.807, 2.05) is 6.92 Å². The summed E-state index contributed by atoms with van der Waals surface area (Å²) in [6, 6.07) is 0. The molecule has 0 fully saturated rings. The quantitative estimate of drug-likeness (QED) is 0.424. The van der Waals surface area contributed by atoms with Crippen LogP contribution in [0.5, 0.6) is 0 Å². The molecule has 0 heterocycles. The largest absolute Gasteiger partial charge is 0.481 e. The van der Waals surface area contributed by atoms with Gasteiger partial charge in [-0.3, -0.25) is 4.79 Å². The Morgan fingerprint density at radius 3 is 2.39 bits per heavy atom. The van der Waals surface area contributed by atoms with Crippen molar-refractivity contribution >= 4 is 11.9 Å². The smallest absolute Gasteiger partial charge is 0.366 e. The Bertz CT molecular complexity index is 274. The van der Waals surface area contributed by atoms with E-state index in [2.05, 4.69) is 0 Å². The molecular formula is C12H22O6. The molecule has 0 saturated carbocycles. The molecule has 0 saturated heterocycles. The molecule has 0 aliphatic heterocycles. The average Bonchev–Trinajstić information content (AvgIpc) is 2.25. The Hall–Kier alpha value is -1.14. The first kappa shape index (κ1) is 16.9. The van der Waals surface area contributed by atoms with E-state index < -0.39 is 17.7 Å². The summed E-state index contributed by atoms with van der Waals surface area (Å²) in [4.78, 5) is 21.7. The van der Waals surface area contributed by atoms with Crippen LogP contribution in [0.4, 0.5) is 0 Å². The Kier molecular flexibility index (Phi) is 7.54. The number of carbonyl (C=O) groups excluding carboxylic acids is 1. The highest BCUT2D eigenvalue weighted by Crippen LogP contribution is 2.15. The van der Waals surface area contributed by atoms with Crippen LogP contribution in [-0.2, 0) is 14.3 Å². The van der Waals surface area contributed by atoms with Crippen LogP contribution >= 0.6 is 0 Å². The van der Waals surface area contributed by atoms with Crippen LogP contribution in [0.1, 0.15) is 52.4 Å². The van der Waals surface area contributed by atoms with Gasteiger partial charge >= 0.3 is 11.9 Å². The molecule has 3 N–H and O–H groups in total. The Morgan fingerprint density at radius 2 is 1.89 bits per heavy atom. The summed E-state index contributed by atoms with van der Waals surface area (Å²) in [5, 5.41) is 27.3. The van der Waals surface area contributed by atoms with Crippen molar-refractivity contribution in [2.75, 3.05) is 0 Å². The number of aliphatic carboxylic acids is 1. The molecule has 0 aromatic heterocycles. The van der Waals surface area contributed by atoms with Crippen LogP contribution in [0, 0.1) is 0 Å². The molecule has 6 heteroatoms. The van der Waals surface area contributed by atoms with Crippen molar-refractivity contribution in [1.82, 2.24) is 0 Å². The van der Waals surface area contributed by atoms with E-state index in [1.165, 1.54) is 0 Å². The molecule has 1 atom stereocenters. The van der Waals surface area contributed by atoms with Crippen molar-refractivity contribution in [2.24, 2.45) is 0 Å². The summed E-state index contributed by atoms with van der Waals surface area (Å²) in [6.07, 6.45) is 1.56. The second-order valence-corrected chi connectivity index (χ2v) is 4.42. The second-order valence-electron chi connectivity index (χ2n) is 4.42. The fourth-order valence-corrected chi connectivity index (χ4v) is 1.42. The van der Waals surface area contributed by atoms with Crippen molar-refractivity contribution in [3.63, 3.8) is 0 Å². The SMILES string of the molecule is CCCCC(C)OC(=O)C(O)(O)CCCC(=O)O. The maximum atomic E-state index is 11.4. The number of unbranched alkanes of at least 4 members (excludes halogenated alkanes) is 1. The minimum absolute atomic E-state index is 0.000768. The standard InChI is InChI=1S/C12H22O6/c1-3-4-6-9(2)18-11(15)12(16,17)8-5-7-10(13)14/h9,16-17H,3-8H2,1-2H3,(H,13,14). The first-order valence-electron chi connectivity index (χ1n) is 6.17. The van der Waals surface area contributed by atoms with Gasteiger partial charge in [-0.15, -0.1) is 0 Å². The van der Waals surface area contributed by atoms with Gasteiger partial charge in [-0.2, -0.15) is 0 Å². The summed E-state index contributed by atoms with van der Waals surface area (Å²) >= 11 is 0. The van der Waals surface area contributed by atoms with Crippen LogP contribution in [-0.4, -0.2) is 39.1 Å². The monoisotopic (exact) mass is 262 g/mol. The highest BCUT2D eigenvalue weighted by atomic mass is 16.6. The van der Waals surface area contributed by atoms with E-state index >= 15 is 0 Å². The summed E-state index contributed by atoms with van der Waals surface area (Å²) in [7, 11) is 0. The predicted molar refractivity (Wildman–Crippen MR) is 63.7 cm³/mol. The van der Waals surface area contributed by atoms with Crippen molar-refractivity contribution < 1.29 is 29.6 Å². The van der Waals surface area contributed by atoms with E-state index in [1.54, 1.807) is 6.92 Å². The minimum atomic E-state index is -2.60. The molecule has 0 aromatic rings. The molecule has 0 spiro atoms. The summed E-state index contributed by atoms with van der Waals surface area (Å²) in [6.45, 7) is 3.68. The molecule has 0 aliphatic carbocycles. The van der Waals surface area contributed by atoms with Gasteiger partial charge in [0.15, 0.2) is 0 Å². The number of carboxylic acids is 1. The Morgan fingerprint density at radius 1 is 1.28 bits per heavy atom. The maximum absolute atomic E-state index is 11.4. The third-order valence-corrected chi connectivity index (χ3v) is 2.52. The summed E-state index contributed by atoms with van der Waals surface area (Å²) in [5.41, 5.74) is 0. The lowest BCUT2D eigenvalue weighted by Crippen LogP contribution is -2.41. The van der Waals surface area contributed by atoms with E-state index in [4.69, 9.17) is 9.84 Å². The number of hydrogen-bond donors (Lipinski definition) is 3. The topological polar surface area (TPSA) is 104 Å². The van der Waals surface area contributed by atoms with E-state index in [0.717, 1.165) is 12.8 Å². The zero-order valence-corrected chi connectivity index (χ0v) is 10.9. The molecule has 0 radical (unpaired) electrons. The van der Waals surface area contributed by atoms with E-state index in [0.29, 0.717) is 6.42 Å². The summed E-state index contributed by atoms with van der Waals surface area (Å²) in [5.74, 6) is -4.76. The highest BCUT2D eigenvalue weighted by molar-refractivity contribution is 5.77. The number of carboxylic acid groups (broad SMARTS) is 1. The lowest BCUT2D eigenvalue weighted by Gasteiger charge is -2.22. The van der Waals surface area contributed by atoms with Gasteiger partial charge in [0.1, 0.15) is 0 Å². The molecular weight excluding hydrogens is 240 g/mol. The van der Waals surface area contributed by atoms with Gasteiger partial charge in [0.2, 0.25) is 0 Å². The predicted octanol–water partition coefficient (Wildman–Crippen LogP) is 1.04. The Balaban J connectivity index is 4.08. The lowest BCUT2D eigenvalue weighted by molar-refractivity contribution is -0.216. The second kappa shape index (κ2) is 8.05. The van der Waals surface area contributed by atoms with Gasteiger partial charge in [-0.25, -0.2) is 4.79 Å². The fraction of sp³-hybridized carbons (Fsp3) is 0.833. The number of rotatable bonds is 9. The van der Waals surface area contributed by atoms with Crippen molar-refractivity contribution in [2.45, 2.75) is 64.3 Å². The van der Waals surface area contributed by atoms with Gasteiger partial charge in [0.25, 0.3) is 5.79 Å². The zero-order valence-electron chi connectivity index (χ0n) is 10.9. The van der Waals surface area contributed by atoms with Crippen LogP contribution in [0.15, 0.2) is 0 Å². The molecule has 0 aromatic carbocycles. The van der Waals surface area contributed by atoms with Gasteiger partial charge in [-0.05, 0) is 19.8 Å². The van der Waals surface area contributed by atoms with Gasteiger partial charge < -0.3 is 20.1 Å². The Labute approximate surface area is 107 Å². The van der Waals surface area contributed by atoms with Gasteiger partial charge in [0, 0.05) is 12.8 Å². The lowest BCUT2D eigenvalue weighted by atomic mass is 10.1. The zero-order chi connectivity index (χ0) is 14.2. The number of esters is 1. The molecule has 18 heavy (non-hydrogen) atoms. The molecule has 0 aliphatic rings. The molecule has 6 nitrogen and oxygen atoms in total. The van der Waals surface area contributed by atoms with Gasteiger partial charge in [-0.1, -0.05) is 19.8 Å². The fourth-order valence-electron chi connectivity index (χ4n) is 1.42. The van der Waals surface area contributed by atoms with Crippen molar-refractivity contribution in [1.29, 1.82) is 0 Å². The molecule has 0 rings (SSSR count). The van der Waals surface area contributed by atoms with E-state index in [-0.39, 0.29) is 25.4 Å². The van der Waals surface area contributed by atoms with Crippen LogP contribution in [0.25, 0.3) is 0 Å². The average molecular weight is 262 g/mol. The van der Waals surface area contributed by atoms with Gasteiger partial charge in [0.05, 0.1) is 6.10 Å². The number of aliphatic hydroxyl groups is 2. The third-order valence-electron chi connectivity index (χ3n) is 2.52. The number of ether oxygens (including phenoxy) is 1. The van der Waals surface area contributed by atoms with Crippen molar-refractivity contribution in [3.05, 3.63) is 0 Å². The number of carbonyl (C=O) groups is 2. The molecule has 1 unspecified atom stereocenters. The third kappa shape index (κ3) is 7.24. The molecule has 0 amide bonds. The normalized spacial score (nSPS) is 13.1. The van der Waals surface area contributed by atoms with Crippen LogP contribution in [0.2, 0.25) is 0 Å². The number of hydrogen-bond acceptors (Lipinski definition) is 5. The first-order chi connectivity index (χ1) is 8.29. The van der Waals surface area contributed by atoms with Crippen molar-refractivity contribution in [3.8, 4) is 0 Å². The molecule has 0 bridgehead atoms. The van der Waals surface area contributed by atoms with Crippen LogP contribution in [0.3, 0.4) is 0 Å². The minimum Gasteiger partial charge on any atom is -0.481 e.